The molecule has 0 aliphatic heterocycles. The lowest BCUT2D eigenvalue weighted by Gasteiger charge is -2.18. The molecule has 0 aromatic heterocycles. The predicted octanol–water partition coefficient (Wildman–Crippen LogP) is 16.4. The van der Waals surface area contributed by atoms with E-state index in [0.29, 0.717) is 19.3 Å². The van der Waals surface area contributed by atoms with Gasteiger partial charge in [0.05, 0.1) is 0 Å². The van der Waals surface area contributed by atoms with Gasteiger partial charge in [-0.3, -0.25) is 14.4 Å². The third kappa shape index (κ3) is 44.0. The molecule has 0 amide bonds. The predicted molar refractivity (Wildman–Crippen MR) is 247 cm³/mol. The second kappa shape index (κ2) is 43.5. The Hall–Kier alpha value is -1.59. The summed E-state index contributed by atoms with van der Waals surface area (Å²) >= 11 is 0. The highest BCUT2D eigenvalue weighted by molar-refractivity contribution is 5.71. The van der Waals surface area contributed by atoms with Gasteiger partial charge in [-0.2, -0.15) is 0 Å². The lowest BCUT2D eigenvalue weighted by Crippen LogP contribution is -2.30. The SMILES string of the molecule is CCC(C)CCCCCCCCCCC(=O)O[C@H](COC(=O)CCCCCCCCCCCCCCC(C)C)COC(=O)CCCCCCCCCCCCC(C)C. The first kappa shape index (κ1) is 56.4. The van der Waals surface area contributed by atoms with Crippen LogP contribution >= 0.6 is 0 Å². The summed E-state index contributed by atoms with van der Waals surface area (Å²) in [5.74, 6) is 1.64. The van der Waals surface area contributed by atoms with Crippen LogP contribution in [0, 0.1) is 17.8 Å². The number of hydrogen-bond donors (Lipinski definition) is 0. The van der Waals surface area contributed by atoms with Gasteiger partial charge in [0.1, 0.15) is 13.2 Å². The zero-order chi connectivity index (χ0) is 42.7. The fourth-order valence-electron chi connectivity index (χ4n) is 7.73. The largest absolute Gasteiger partial charge is 0.462 e. The molecule has 0 fully saturated rings. The Morgan fingerprint density at radius 2 is 0.603 bits per heavy atom. The van der Waals surface area contributed by atoms with Crippen LogP contribution < -0.4 is 0 Å². The van der Waals surface area contributed by atoms with Crippen LogP contribution in [0.15, 0.2) is 0 Å². The van der Waals surface area contributed by atoms with E-state index in [4.69, 9.17) is 14.2 Å². The van der Waals surface area contributed by atoms with Crippen LogP contribution in [0.1, 0.15) is 279 Å². The van der Waals surface area contributed by atoms with Gasteiger partial charge in [0.15, 0.2) is 6.10 Å². The Morgan fingerprint density at radius 3 is 0.897 bits per heavy atom. The first-order valence-corrected chi connectivity index (χ1v) is 25.6. The highest BCUT2D eigenvalue weighted by Crippen LogP contribution is 2.18. The van der Waals surface area contributed by atoms with Crippen molar-refractivity contribution in [3.05, 3.63) is 0 Å². The fraction of sp³-hybridized carbons (Fsp3) is 0.942. The van der Waals surface area contributed by atoms with Gasteiger partial charge >= 0.3 is 17.9 Å². The van der Waals surface area contributed by atoms with Crippen molar-refractivity contribution in [3.8, 4) is 0 Å². The van der Waals surface area contributed by atoms with Crippen LogP contribution in [0.25, 0.3) is 0 Å². The third-order valence-corrected chi connectivity index (χ3v) is 12.0. The van der Waals surface area contributed by atoms with E-state index < -0.39 is 6.10 Å². The summed E-state index contributed by atoms with van der Waals surface area (Å²) in [6, 6.07) is 0. The highest BCUT2D eigenvalue weighted by atomic mass is 16.6. The van der Waals surface area contributed by atoms with Crippen LogP contribution in [0.4, 0.5) is 0 Å². The molecule has 0 aliphatic rings. The summed E-state index contributed by atoms with van der Waals surface area (Å²) < 4.78 is 16.8. The minimum atomic E-state index is -0.763. The van der Waals surface area contributed by atoms with Crippen molar-refractivity contribution in [1.82, 2.24) is 0 Å². The molecule has 2 atom stereocenters. The topological polar surface area (TPSA) is 78.9 Å². The summed E-state index contributed by atoms with van der Waals surface area (Å²) in [5.41, 5.74) is 0. The second-order valence-corrected chi connectivity index (χ2v) is 19.0. The molecule has 0 aromatic carbocycles. The number of esters is 3. The third-order valence-electron chi connectivity index (χ3n) is 12.0. The zero-order valence-electron chi connectivity index (χ0n) is 39.8. The van der Waals surface area contributed by atoms with E-state index in [0.717, 1.165) is 75.5 Å². The number of carbonyl (C=O) groups is 3. The van der Waals surface area contributed by atoms with E-state index in [9.17, 15) is 14.4 Å². The van der Waals surface area contributed by atoms with E-state index >= 15 is 0 Å². The Kier molecular flexibility index (Phi) is 42.3. The van der Waals surface area contributed by atoms with Gasteiger partial charge in [0.25, 0.3) is 0 Å². The van der Waals surface area contributed by atoms with Gasteiger partial charge in [-0.15, -0.1) is 0 Å². The quantitative estimate of drug-likeness (QED) is 0.0346. The molecule has 344 valence electrons. The summed E-state index contributed by atoms with van der Waals surface area (Å²) in [7, 11) is 0. The summed E-state index contributed by atoms with van der Waals surface area (Å²) in [4.78, 5) is 37.9. The monoisotopic (exact) mass is 821 g/mol. The first-order chi connectivity index (χ1) is 28.1. The van der Waals surface area contributed by atoms with Gasteiger partial charge in [-0.1, -0.05) is 241 Å². The maximum absolute atomic E-state index is 12.8. The van der Waals surface area contributed by atoms with Crippen LogP contribution in [-0.4, -0.2) is 37.2 Å². The minimum absolute atomic E-state index is 0.0651. The molecule has 0 saturated heterocycles. The lowest BCUT2D eigenvalue weighted by atomic mass is 9.99. The highest BCUT2D eigenvalue weighted by Gasteiger charge is 2.19. The average Bonchev–Trinajstić information content (AvgIpc) is 3.19. The van der Waals surface area contributed by atoms with Gasteiger partial charge < -0.3 is 14.2 Å². The molecule has 58 heavy (non-hydrogen) atoms. The molecular weight excluding hydrogens is 721 g/mol. The van der Waals surface area contributed by atoms with E-state index in [1.165, 1.54) is 161 Å². The van der Waals surface area contributed by atoms with Crippen LogP contribution in [0.3, 0.4) is 0 Å². The first-order valence-electron chi connectivity index (χ1n) is 25.6. The fourth-order valence-corrected chi connectivity index (χ4v) is 7.73. The number of carbonyl (C=O) groups excluding carboxylic acids is 3. The van der Waals surface area contributed by atoms with Crippen LogP contribution in [0.2, 0.25) is 0 Å². The number of rotatable bonds is 45. The maximum Gasteiger partial charge on any atom is 0.306 e. The smallest absolute Gasteiger partial charge is 0.306 e. The number of hydrogen-bond acceptors (Lipinski definition) is 6. The van der Waals surface area contributed by atoms with Crippen molar-refractivity contribution in [3.63, 3.8) is 0 Å². The van der Waals surface area contributed by atoms with Crippen molar-refractivity contribution < 1.29 is 28.6 Å². The Labute approximate surface area is 361 Å². The molecule has 6 heteroatoms. The van der Waals surface area contributed by atoms with E-state index in [-0.39, 0.29) is 31.1 Å². The minimum Gasteiger partial charge on any atom is -0.462 e. The van der Waals surface area contributed by atoms with Crippen molar-refractivity contribution in [2.45, 2.75) is 285 Å². The van der Waals surface area contributed by atoms with Crippen LogP contribution in [-0.2, 0) is 28.6 Å². The molecule has 0 radical (unpaired) electrons. The lowest BCUT2D eigenvalue weighted by molar-refractivity contribution is -0.167. The molecule has 0 bridgehead atoms. The Morgan fingerprint density at radius 1 is 0.345 bits per heavy atom. The molecule has 0 rings (SSSR count). The van der Waals surface area contributed by atoms with Crippen molar-refractivity contribution in [2.24, 2.45) is 17.8 Å². The normalized spacial score (nSPS) is 12.6. The molecule has 0 spiro atoms. The van der Waals surface area contributed by atoms with Crippen molar-refractivity contribution in [1.29, 1.82) is 0 Å². The number of ether oxygens (including phenoxy) is 3. The molecule has 6 nitrogen and oxygen atoms in total. The van der Waals surface area contributed by atoms with E-state index in [1.54, 1.807) is 0 Å². The van der Waals surface area contributed by atoms with Gasteiger partial charge in [0.2, 0.25) is 0 Å². The zero-order valence-corrected chi connectivity index (χ0v) is 39.8. The molecule has 0 N–H and O–H groups in total. The maximum atomic E-state index is 12.8. The van der Waals surface area contributed by atoms with Gasteiger partial charge in [-0.25, -0.2) is 0 Å². The van der Waals surface area contributed by atoms with Gasteiger partial charge in [-0.05, 0) is 37.0 Å². The molecule has 0 aliphatic carbocycles. The molecule has 0 aromatic rings. The average molecular weight is 821 g/mol. The van der Waals surface area contributed by atoms with Crippen molar-refractivity contribution in [2.75, 3.05) is 13.2 Å². The Bertz CT molecular complexity index is 900. The number of unbranched alkanes of at least 4 members (excludes halogenated alkanes) is 27. The van der Waals surface area contributed by atoms with Crippen molar-refractivity contribution >= 4 is 17.9 Å². The summed E-state index contributed by atoms with van der Waals surface area (Å²) in [6.07, 6.45) is 42.3. The second-order valence-electron chi connectivity index (χ2n) is 19.0. The molecule has 1 unspecified atom stereocenters. The Balaban J connectivity index is 4.33. The summed E-state index contributed by atoms with van der Waals surface area (Å²) in [6.45, 7) is 13.7. The summed E-state index contributed by atoms with van der Waals surface area (Å²) in [5, 5.41) is 0. The standard InChI is InChI=1S/C52H100O6/c1-7-48(6)40-34-28-22-18-19-25-31-37-43-52(55)58-49(45-57-51(54)42-36-30-24-17-13-12-15-21-27-33-39-47(4)5)44-56-50(53)41-35-29-23-16-11-9-8-10-14-20-26-32-38-46(2)3/h46-49H,7-45H2,1-6H3/t48?,49-/m1/s1. The molecule has 0 heterocycles. The molecule has 0 saturated carbocycles. The molecular formula is C52H100O6. The van der Waals surface area contributed by atoms with Gasteiger partial charge in [0, 0.05) is 19.3 Å². The van der Waals surface area contributed by atoms with E-state index in [1.807, 2.05) is 0 Å². The van der Waals surface area contributed by atoms with E-state index in [2.05, 4.69) is 41.5 Å². The van der Waals surface area contributed by atoms with Crippen LogP contribution in [0.5, 0.6) is 0 Å².